The largest absolute Gasteiger partial charge is 0.355 e. The van der Waals surface area contributed by atoms with Crippen LogP contribution < -0.4 is 0 Å². The molecule has 24 heavy (non-hydrogen) atoms. The molecule has 1 saturated heterocycles. The summed E-state index contributed by atoms with van der Waals surface area (Å²) in [5, 5.41) is 8.21. The first-order valence-corrected chi connectivity index (χ1v) is 8.43. The Bertz CT molecular complexity index is 817. The van der Waals surface area contributed by atoms with Gasteiger partial charge in [0.25, 0.3) is 5.91 Å². The molecule has 0 aromatic carbocycles. The van der Waals surface area contributed by atoms with E-state index in [0.717, 1.165) is 37.2 Å². The topological polar surface area (TPSA) is 64.2 Å². The highest BCUT2D eigenvalue weighted by Crippen LogP contribution is 2.36. The minimum Gasteiger partial charge on any atom is -0.355 e. The van der Waals surface area contributed by atoms with Gasteiger partial charge < -0.3 is 9.42 Å². The monoisotopic (exact) mass is 326 g/mol. The second-order valence-electron chi connectivity index (χ2n) is 7.06. The first kappa shape index (κ1) is 15.2. The summed E-state index contributed by atoms with van der Waals surface area (Å²) in [4.78, 5) is 14.7. The molecule has 2 aromatic rings. The van der Waals surface area contributed by atoms with Gasteiger partial charge in [-0.25, -0.2) is 0 Å². The lowest BCUT2D eigenvalue weighted by Crippen LogP contribution is -2.29. The summed E-state index contributed by atoms with van der Waals surface area (Å²) in [7, 11) is 1.88. The molecule has 126 valence electrons. The van der Waals surface area contributed by atoms with E-state index in [1.54, 1.807) is 16.9 Å². The number of allylic oxidation sites excluding steroid dienone is 2. The fourth-order valence-electron chi connectivity index (χ4n) is 3.86. The van der Waals surface area contributed by atoms with Crippen LogP contribution in [0.1, 0.15) is 35.9 Å². The maximum Gasteiger partial charge on any atom is 0.276 e. The van der Waals surface area contributed by atoms with E-state index in [2.05, 4.69) is 23.3 Å². The third-order valence-corrected chi connectivity index (χ3v) is 5.45. The minimum atomic E-state index is -0.0291. The van der Waals surface area contributed by atoms with Crippen LogP contribution in [0.4, 0.5) is 0 Å². The van der Waals surface area contributed by atoms with Crippen molar-refractivity contribution >= 4 is 5.91 Å². The Kier molecular flexibility index (Phi) is 3.55. The van der Waals surface area contributed by atoms with Gasteiger partial charge in [-0.15, -0.1) is 0 Å². The molecule has 6 heteroatoms. The molecular formula is C18H22N4O2. The second-order valence-corrected chi connectivity index (χ2v) is 7.06. The maximum atomic E-state index is 12.8. The highest BCUT2D eigenvalue weighted by Gasteiger charge is 2.37. The van der Waals surface area contributed by atoms with Crippen molar-refractivity contribution in [3.05, 3.63) is 35.3 Å². The lowest BCUT2D eigenvalue weighted by atomic mass is 9.83. The summed E-state index contributed by atoms with van der Waals surface area (Å²) in [6.45, 7) is 5.79. The number of hydrogen-bond donors (Lipinski definition) is 0. The predicted octanol–water partition coefficient (Wildman–Crippen LogP) is 2.81. The number of hydrogen-bond acceptors (Lipinski definition) is 4. The summed E-state index contributed by atoms with van der Waals surface area (Å²) in [6, 6.07) is 1.73. The zero-order valence-corrected chi connectivity index (χ0v) is 14.3. The standard InChI is InChI=1S/C18H22N4O2/c1-11-4-5-13-9-22(10-14(13)6-11)18(23)16-7-17(24-20-16)15-8-19-21(3)12(15)2/h4,7-8,13-14H,5-6,9-10H2,1-3H3/t13-,14+/m1/s1. The average molecular weight is 326 g/mol. The number of nitrogens with zero attached hydrogens (tertiary/aromatic N) is 4. The van der Waals surface area contributed by atoms with Crippen LogP contribution in [-0.2, 0) is 7.05 Å². The molecule has 1 aliphatic carbocycles. The molecule has 0 unspecified atom stereocenters. The number of amides is 1. The van der Waals surface area contributed by atoms with Crippen LogP contribution in [0, 0.1) is 18.8 Å². The van der Waals surface area contributed by atoms with Gasteiger partial charge in [-0.3, -0.25) is 9.48 Å². The van der Waals surface area contributed by atoms with E-state index < -0.39 is 0 Å². The molecule has 1 amide bonds. The van der Waals surface area contributed by atoms with Crippen molar-refractivity contribution in [2.24, 2.45) is 18.9 Å². The molecule has 0 radical (unpaired) electrons. The molecule has 0 bridgehead atoms. The van der Waals surface area contributed by atoms with Crippen LogP contribution in [0.15, 0.2) is 28.4 Å². The highest BCUT2D eigenvalue weighted by atomic mass is 16.5. The summed E-state index contributed by atoms with van der Waals surface area (Å²) in [6.07, 6.45) is 6.24. The normalized spacial score (nSPS) is 23.3. The van der Waals surface area contributed by atoms with E-state index >= 15 is 0 Å². The Labute approximate surface area is 141 Å². The number of carbonyl (C=O) groups excluding carboxylic acids is 1. The molecule has 4 rings (SSSR count). The van der Waals surface area contributed by atoms with Crippen LogP contribution >= 0.6 is 0 Å². The number of aryl methyl sites for hydroxylation is 1. The van der Waals surface area contributed by atoms with Crippen molar-refractivity contribution < 1.29 is 9.32 Å². The third kappa shape index (κ3) is 2.46. The molecule has 6 nitrogen and oxygen atoms in total. The number of fused-ring (bicyclic) bond motifs is 1. The van der Waals surface area contributed by atoms with Gasteiger partial charge in [0.2, 0.25) is 0 Å². The van der Waals surface area contributed by atoms with E-state index in [9.17, 15) is 4.79 Å². The predicted molar refractivity (Wildman–Crippen MR) is 89.3 cm³/mol. The molecule has 2 aromatic heterocycles. The fourth-order valence-corrected chi connectivity index (χ4v) is 3.86. The van der Waals surface area contributed by atoms with E-state index in [0.29, 0.717) is 23.3 Å². The first-order chi connectivity index (χ1) is 11.5. The van der Waals surface area contributed by atoms with Gasteiger partial charge in [0.15, 0.2) is 11.5 Å². The third-order valence-electron chi connectivity index (χ3n) is 5.45. The summed E-state index contributed by atoms with van der Waals surface area (Å²) < 4.78 is 7.18. The average Bonchev–Trinajstić information content (AvgIpc) is 3.26. The smallest absolute Gasteiger partial charge is 0.276 e. The molecular weight excluding hydrogens is 304 g/mol. The van der Waals surface area contributed by atoms with Gasteiger partial charge in [0.05, 0.1) is 11.8 Å². The van der Waals surface area contributed by atoms with E-state index in [4.69, 9.17) is 4.52 Å². The van der Waals surface area contributed by atoms with E-state index in [-0.39, 0.29) is 5.91 Å². The molecule has 2 aliphatic rings. The van der Waals surface area contributed by atoms with Crippen molar-refractivity contribution in [3.63, 3.8) is 0 Å². The highest BCUT2D eigenvalue weighted by molar-refractivity contribution is 5.93. The minimum absolute atomic E-state index is 0.0291. The molecule has 0 N–H and O–H groups in total. The van der Waals surface area contributed by atoms with Crippen molar-refractivity contribution in [3.8, 4) is 11.3 Å². The van der Waals surface area contributed by atoms with Crippen LogP contribution in [-0.4, -0.2) is 38.8 Å². The van der Waals surface area contributed by atoms with Crippen molar-refractivity contribution in [1.82, 2.24) is 19.8 Å². The number of carbonyl (C=O) groups is 1. The van der Waals surface area contributed by atoms with E-state index in [1.165, 1.54) is 5.57 Å². The molecule has 0 saturated carbocycles. The van der Waals surface area contributed by atoms with Gasteiger partial charge in [-0.2, -0.15) is 5.10 Å². The van der Waals surface area contributed by atoms with Gasteiger partial charge in [0.1, 0.15) is 0 Å². The summed E-state index contributed by atoms with van der Waals surface area (Å²) in [5.74, 6) is 1.74. The SMILES string of the molecule is CC1=CC[C@@H]2CN(C(=O)c3cc(-c4cnn(C)c4C)on3)C[C@@H]2C1. The Balaban J connectivity index is 1.51. The Morgan fingerprint density at radius 3 is 2.83 bits per heavy atom. The molecule has 0 spiro atoms. The van der Waals surface area contributed by atoms with Crippen molar-refractivity contribution in [1.29, 1.82) is 0 Å². The summed E-state index contributed by atoms with van der Waals surface area (Å²) in [5.41, 5.74) is 3.69. The van der Waals surface area contributed by atoms with Crippen molar-refractivity contribution in [2.45, 2.75) is 26.7 Å². The Morgan fingerprint density at radius 1 is 1.29 bits per heavy atom. The lowest BCUT2D eigenvalue weighted by Gasteiger charge is -2.21. The fraction of sp³-hybridized carbons (Fsp3) is 0.500. The molecule has 1 aliphatic heterocycles. The van der Waals surface area contributed by atoms with Gasteiger partial charge in [0, 0.05) is 31.9 Å². The Morgan fingerprint density at radius 2 is 2.08 bits per heavy atom. The van der Waals surface area contributed by atoms with Gasteiger partial charge >= 0.3 is 0 Å². The maximum absolute atomic E-state index is 12.8. The van der Waals surface area contributed by atoms with Gasteiger partial charge in [-0.1, -0.05) is 16.8 Å². The van der Waals surface area contributed by atoms with Crippen LogP contribution in [0.2, 0.25) is 0 Å². The number of rotatable bonds is 2. The second kappa shape index (κ2) is 5.61. The zero-order chi connectivity index (χ0) is 16.8. The van der Waals surface area contributed by atoms with Crippen LogP contribution in [0.25, 0.3) is 11.3 Å². The van der Waals surface area contributed by atoms with Gasteiger partial charge in [-0.05, 0) is 38.5 Å². The number of likely N-dealkylation sites (tertiary alicyclic amines) is 1. The molecule has 2 atom stereocenters. The van der Waals surface area contributed by atoms with Crippen molar-refractivity contribution in [2.75, 3.05) is 13.1 Å². The van der Waals surface area contributed by atoms with Crippen LogP contribution in [0.5, 0.6) is 0 Å². The molecule has 3 heterocycles. The first-order valence-electron chi connectivity index (χ1n) is 8.43. The quantitative estimate of drug-likeness (QED) is 0.796. The lowest BCUT2D eigenvalue weighted by molar-refractivity contribution is 0.0774. The zero-order valence-electron chi connectivity index (χ0n) is 14.3. The molecule has 1 fully saturated rings. The number of aromatic nitrogens is 3. The van der Waals surface area contributed by atoms with E-state index in [1.807, 2.05) is 18.9 Å². The summed E-state index contributed by atoms with van der Waals surface area (Å²) >= 11 is 0. The van der Waals surface area contributed by atoms with Crippen LogP contribution in [0.3, 0.4) is 0 Å². The Hall–Kier alpha value is -2.37.